The molecule has 0 spiro atoms. The zero-order chi connectivity index (χ0) is 13.9. The second-order valence-electron chi connectivity index (χ2n) is 4.01. The van der Waals surface area contributed by atoms with E-state index in [0.717, 1.165) is 19.2 Å². The van der Waals surface area contributed by atoms with Gasteiger partial charge in [0.05, 0.1) is 5.56 Å². The average Bonchev–Trinajstić information content (AvgIpc) is 2.49. The van der Waals surface area contributed by atoms with Crippen LogP contribution in [0.4, 0.5) is 0 Å². The van der Waals surface area contributed by atoms with Crippen LogP contribution in [0.2, 0.25) is 0 Å². The molecule has 4 nitrogen and oxygen atoms in total. The minimum Gasteiger partial charge on any atom is -0.126 e. The molecule has 0 bridgehead atoms. The van der Waals surface area contributed by atoms with Crippen LogP contribution >= 0.6 is 38.5 Å². The molecule has 3 aromatic rings. The van der Waals surface area contributed by atoms with Gasteiger partial charge in [-0.05, 0) is 50.7 Å². The van der Waals surface area contributed by atoms with E-state index in [1.807, 2.05) is 48.5 Å². The Hall–Kier alpha value is -1.41. The highest BCUT2D eigenvalue weighted by Crippen LogP contribution is 2.29. The predicted molar refractivity (Wildman–Crippen MR) is 88.9 cm³/mol. The Morgan fingerprint density at radius 1 is 0.750 bits per heavy atom. The van der Waals surface area contributed by atoms with Gasteiger partial charge in [0.15, 0.2) is 0 Å². The van der Waals surface area contributed by atoms with Gasteiger partial charge in [-0.15, -0.1) is 20.4 Å². The van der Waals surface area contributed by atoms with Gasteiger partial charge in [0.25, 0.3) is 0 Å². The molecule has 98 valence electrons. The maximum absolute atomic E-state index is 4.19. The lowest BCUT2D eigenvalue weighted by Crippen LogP contribution is -2.00. The fourth-order valence-electron chi connectivity index (χ4n) is 1.74. The van der Waals surface area contributed by atoms with Crippen molar-refractivity contribution in [1.82, 2.24) is 20.4 Å². The summed E-state index contributed by atoms with van der Waals surface area (Å²) in [5, 5.41) is 16.7. The van der Waals surface area contributed by atoms with Gasteiger partial charge in [0.2, 0.25) is 11.6 Å². The molecular weight excluding hydrogens is 431 g/mol. The van der Waals surface area contributed by atoms with Crippen molar-refractivity contribution in [1.29, 1.82) is 0 Å². The molecule has 2 aromatic carbocycles. The average molecular weight is 439 g/mol. The van der Waals surface area contributed by atoms with Crippen LogP contribution in [0.15, 0.2) is 53.0 Å². The van der Waals surface area contributed by atoms with Crippen LogP contribution in [0, 0.1) is 3.57 Å². The Bertz CT molecular complexity index is 712. The minimum atomic E-state index is 0.515. The first-order chi connectivity index (χ1) is 9.75. The Balaban J connectivity index is 2.02. The Labute approximate surface area is 137 Å². The highest BCUT2D eigenvalue weighted by Gasteiger charge is 2.12. The van der Waals surface area contributed by atoms with E-state index < -0.39 is 0 Å². The Morgan fingerprint density at radius 2 is 1.40 bits per heavy atom. The number of halogens is 2. The van der Waals surface area contributed by atoms with Crippen molar-refractivity contribution in [2.75, 3.05) is 0 Å². The molecule has 1 aromatic heterocycles. The van der Waals surface area contributed by atoms with Crippen LogP contribution in [0.25, 0.3) is 22.8 Å². The van der Waals surface area contributed by atoms with E-state index in [1.54, 1.807) is 0 Å². The van der Waals surface area contributed by atoms with E-state index in [9.17, 15) is 0 Å². The molecule has 0 saturated carbocycles. The number of nitrogens with zero attached hydrogens (tertiary/aromatic N) is 4. The molecule has 0 aliphatic heterocycles. The summed E-state index contributed by atoms with van der Waals surface area (Å²) in [5.74, 6) is 1.04. The van der Waals surface area contributed by atoms with Crippen LogP contribution in [0.1, 0.15) is 0 Å². The van der Waals surface area contributed by atoms with Crippen molar-refractivity contribution in [3.8, 4) is 22.8 Å². The third kappa shape index (κ3) is 2.71. The van der Waals surface area contributed by atoms with E-state index in [0.29, 0.717) is 11.6 Å². The highest BCUT2D eigenvalue weighted by molar-refractivity contribution is 14.1. The first kappa shape index (κ1) is 13.6. The number of benzene rings is 2. The van der Waals surface area contributed by atoms with Gasteiger partial charge in [-0.2, -0.15) is 0 Å². The Morgan fingerprint density at radius 3 is 2.05 bits per heavy atom. The largest absolute Gasteiger partial charge is 0.205 e. The monoisotopic (exact) mass is 438 g/mol. The van der Waals surface area contributed by atoms with Gasteiger partial charge in [-0.25, -0.2) is 0 Å². The molecule has 0 unspecified atom stereocenters. The van der Waals surface area contributed by atoms with Crippen molar-refractivity contribution in [2.45, 2.75) is 0 Å². The third-order valence-corrected chi connectivity index (χ3v) is 4.26. The zero-order valence-electron chi connectivity index (χ0n) is 10.2. The molecule has 3 rings (SSSR count). The summed E-state index contributed by atoms with van der Waals surface area (Å²) in [5.41, 5.74) is 1.81. The lowest BCUT2D eigenvalue weighted by atomic mass is 10.2. The summed E-state index contributed by atoms with van der Waals surface area (Å²) in [6, 6.07) is 15.6. The number of rotatable bonds is 2. The molecule has 0 aliphatic carbocycles. The van der Waals surface area contributed by atoms with Gasteiger partial charge in [-0.3, -0.25) is 0 Å². The van der Waals surface area contributed by atoms with Crippen LogP contribution < -0.4 is 0 Å². The van der Waals surface area contributed by atoms with E-state index in [2.05, 4.69) is 58.9 Å². The van der Waals surface area contributed by atoms with E-state index >= 15 is 0 Å². The summed E-state index contributed by atoms with van der Waals surface area (Å²) in [6.07, 6.45) is 0. The first-order valence-electron chi connectivity index (χ1n) is 5.83. The van der Waals surface area contributed by atoms with Crippen LogP contribution in [-0.2, 0) is 0 Å². The Kier molecular flexibility index (Phi) is 4.02. The van der Waals surface area contributed by atoms with Crippen molar-refractivity contribution in [3.05, 3.63) is 56.6 Å². The smallest absolute Gasteiger partial charge is 0.126 e. The second-order valence-corrected chi connectivity index (χ2v) is 6.03. The van der Waals surface area contributed by atoms with Gasteiger partial charge in [0.1, 0.15) is 0 Å². The van der Waals surface area contributed by atoms with Crippen molar-refractivity contribution < 1.29 is 0 Å². The lowest BCUT2D eigenvalue weighted by Gasteiger charge is -2.05. The van der Waals surface area contributed by atoms with Gasteiger partial charge in [-0.1, -0.05) is 36.4 Å². The molecular formula is C14H8BrIN4. The van der Waals surface area contributed by atoms with E-state index in [4.69, 9.17) is 0 Å². The molecule has 0 radical (unpaired) electrons. The first-order valence-corrected chi connectivity index (χ1v) is 7.70. The summed E-state index contributed by atoms with van der Waals surface area (Å²) >= 11 is 5.75. The lowest BCUT2D eigenvalue weighted by molar-refractivity contribution is 0.875. The molecule has 0 amide bonds. The molecule has 20 heavy (non-hydrogen) atoms. The summed E-state index contributed by atoms with van der Waals surface area (Å²) in [6.45, 7) is 0. The van der Waals surface area contributed by atoms with Crippen molar-refractivity contribution >= 4 is 38.5 Å². The standard InChI is InChI=1S/C14H8BrIN4/c15-10-7-4-8-11(16)12(10)14-19-17-13(18-20-14)9-5-2-1-3-6-9/h1-8H. The SMILES string of the molecule is Brc1cccc(I)c1-c1nnc(-c2ccccc2)nn1. The van der Waals surface area contributed by atoms with Crippen molar-refractivity contribution in [2.24, 2.45) is 0 Å². The molecule has 0 saturated heterocycles. The van der Waals surface area contributed by atoms with E-state index in [1.165, 1.54) is 0 Å². The zero-order valence-corrected chi connectivity index (χ0v) is 13.9. The van der Waals surface area contributed by atoms with Crippen molar-refractivity contribution in [3.63, 3.8) is 0 Å². The summed E-state index contributed by atoms with van der Waals surface area (Å²) < 4.78 is 1.98. The summed E-state index contributed by atoms with van der Waals surface area (Å²) in [4.78, 5) is 0. The normalized spacial score (nSPS) is 10.5. The second kappa shape index (κ2) is 5.92. The van der Waals surface area contributed by atoms with Gasteiger partial charge >= 0.3 is 0 Å². The quantitative estimate of drug-likeness (QED) is 0.568. The maximum atomic E-state index is 4.19. The van der Waals surface area contributed by atoms with E-state index in [-0.39, 0.29) is 0 Å². The number of aromatic nitrogens is 4. The molecule has 6 heteroatoms. The maximum Gasteiger partial charge on any atom is 0.205 e. The predicted octanol–water partition coefficient (Wildman–Crippen LogP) is 3.97. The third-order valence-electron chi connectivity index (χ3n) is 2.70. The molecule has 0 aliphatic rings. The number of hydrogen-bond donors (Lipinski definition) is 0. The number of hydrogen-bond acceptors (Lipinski definition) is 4. The molecule has 0 atom stereocenters. The minimum absolute atomic E-state index is 0.515. The van der Waals surface area contributed by atoms with Crippen LogP contribution in [0.5, 0.6) is 0 Å². The fraction of sp³-hybridized carbons (Fsp3) is 0. The van der Waals surface area contributed by atoms with Gasteiger partial charge < -0.3 is 0 Å². The van der Waals surface area contributed by atoms with Gasteiger partial charge in [0, 0.05) is 13.6 Å². The van der Waals surface area contributed by atoms with Crippen LogP contribution in [-0.4, -0.2) is 20.4 Å². The fourth-order valence-corrected chi connectivity index (χ4v) is 3.40. The topological polar surface area (TPSA) is 51.6 Å². The van der Waals surface area contributed by atoms with Crippen LogP contribution in [0.3, 0.4) is 0 Å². The molecule has 1 heterocycles. The highest BCUT2D eigenvalue weighted by atomic mass is 127. The molecule has 0 fully saturated rings. The summed E-state index contributed by atoms with van der Waals surface area (Å²) in [7, 11) is 0. The molecule has 0 N–H and O–H groups in total.